The van der Waals surface area contributed by atoms with Gasteiger partial charge in [-0.25, -0.2) is 0 Å². The molecule has 3 rings (SSSR count). The summed E-state index contributed by atoms with van der Waals surface area (Å²) in [6.45, 7) is 1.61. The zero-order chi connectivity index (χ0) is 16.9. The molecule has 126 valence electrons. The fourth-order valence-corrected chi connectivity index (χ4v) is 3.51. The van der Waals surface area contributed by atoms with Crippen molar-refractivity contribution in [1.29, 1.82) is 0 Å². The van der Waals surface area contributed by atoms with Gasteiger partial charge in [-0.1, -0.05) is 34.5 Å². The van der Waals surface area contributed by atoms with E-state index in [0.717, 1.165) is 48.1 Å². The van der Waals surface area contributed by atoms with Crippen LogP contribution >= 0.6 is 15.9 Å². The average Bonchev–Trinajstić information content (AvgIpc) is 2.88. The Morgan fingerprint density at radius 2 is 1.79 bits per heavy atom. The van der Waals surface area contributed by atoms with Crippen LogP contribution in [0.3, 0.4) is 0 Å². The van der Waals surface area contributed by atoms with E-state index in [1.807, 2.05) is 41.3 Å². The van der Waals surface area contributed by atoms with E-state index in [-0.39, 0.29) is 5.91 Å². The molecule has 1 aliphatic rings. The molecule has 0 saturated carbocycles. The summed E-state index contributed by atoms with van der Waals surface area (Å²) in [4.78, 5) is 14.8. The molecule has 2 aromatic carbocycles. The number of amides is 1. The lowest BCUT2D eigenvalue weighted by Gasteiger charge is -2.25. The second-order valence-corrected chi connectivity index (χ2v) is 7.14. The van der Waals surface area contributed by atoms with E-state index in [0.29, 0.717) is 5.92 Å². The molecule has 1 aliphatic heterocycles. The number of likely N-dealkylation sites (tertiary alicyclic amines) is 1. The highest BCUT2D eigenvalue weighted by atomic mass is 79.9. The summed E-state index contributed by atoms with van der Waals surface area (Å²) >= 11 is 3.42. The van der Waals surface area contributed by atoms with Gasteiger partial charge in [0, 0.05) is 29.0 Å². The Hall–Kier alpha value is -1.81. The van der Waals surface area contributed by atoms with E-state index < -0.39 is 0 Å². The van der Waals surface area contributed by atoms with Gasteiger partial charge < -0.3 is 9.64 Å². The van der Waals surface area contributed by atoms with Crippen molar-refractivity contribution in [3.05, 3.63) is 64.1 Å². The van der Waals surface area contributed by atoms with Gasteiger partial charge in [0.2, 0.25) is 0 Å². The fraction of sp³-hybridized carbons (Fsp3) is 0.350. The molecule has 0 radical (unpaired) electrons. The molecule has 1 heterocycles. The minimum absolute atomic E-state index is 0.128. The number of halogens is 1. The number of ether oxygens (including phenoxy) is 1. The standard InChI is InChI=1S/C20H22BrNO2/c1-24-19-11-7-15(8-12-19)17-4-2-3-13-22(14-17)20(23)16-5-9-18(21)10-6-16/h5-12,17H,2-4,13-14H2,1H3/t17-/m0/s1. The van der Waals surface area contributed by atoms with Crippen molar-refractivity contribution in [1.82, 2.24) is 4.90 Å². The second kappa shape index (κ2) is 7.84. The highest BCUT2D eigenvalue weighted by Crippen LogP contribution is 2.28. The smallest absolute Gasteiger partial charge is 0.253 e. The number of hydrogen-bond donors (Lipinski definition) is 0. The van der Waals surface area contributed by atoms with Crippen LogP contribution in [0.15, 0.2) is 53.0 Å². The molecule has 24 heavy (non-hydrogen) atoms. The summed E-state index contributed by atoms with van der Waals surface area (Å²) in [5.74, 6) is 1.39. The lowest BCUT2D eigenvalue weighted by Crippen LogP contribution is -2.34. The maximum Gasteiger partial charge on any atom is 0.253 e. The van der Waals surface area contributed by atoms with E-state index >= 15 is 0 Å². The first kappa shape index (κ1) is 17.0. The summed E-state index contributed by atoms with van der Waals surface area (Å²) in [5, 5.41) is 0. The van der Waals surface area contributed by atoms with Gasteiger partial charge in [0.1, 0.15) is 5.75 Å². The predicted octanol–water partition coefficient (Wildman–Crippen LogP) is 4.87. The molecular formula is C20H22BrNO2. The van der Waals surface area contributed by atoms with E-state index in [1.54, 1.807) is 7.11 Å². The van der Waals surface area contributed by atoms with Crippen molar-refractivity contribution in [2.45, 2.75) is 25.2 Å². The second-order valence-electron chi connectivity index (χ2n) is 6.22. The van der Waals surface area contributed by atoms with Crippen LogP contribution in [0.4, 0.5) is 0 Å². The maximum absolute atomic E-state index is 12.8. The summed E-state index contributed by atoms with van der Waals surface area (Å²) in [7, 11) is 1.68. The SMILES string of the molecule is COc1ccc([C@H]2CCCCN(C(=O)c3ccc(Br)cc3)C2)cc1. The zero-order valence-corrected chi connectivity index (χ0v) is 15.5. The minimum Gasteiger partial charge on any atom is -0.497 e. The largest absolute Gasteiger partial charge is 0.497 e. The highest BCUT2D eigenvalue weighted by Gasteiger charge is 2.24. The number of benzene rings is 2. The Labute approximate surface area is 151 Å². The number of nitrogens with zero attached hydrogens (tertiary/aromatic N) is 1. The van der Waals surface area contributed by atoms with Crippen molar-refractivity contribution in [2.24, 2.45) is 0 Å². The topological polar surface area (TPSA) is 29.5 Å². The van der Waals surface area contributed by atoms with Gasteiger partial charge in [0.25, 0.3) is 5.91 Å². The number of methoxy groups -OCH3 is 1. The van der Waals surface area contributed by atoms with Crippen LogP contribution in [0.1, 0.15) is 41.1 Å². The van der Waals surface area contributed by atoms with Gasteiger partial charge in [0.15, 0.2) is 0 Å². The van der Waals surface area contributed by atoms with E-state index in [1.165, 1.54) is 5.56 Å². The normalized spacial score (nSPS) is 18.1. The first-order valence-corrected chi connectivity index (χ1v) is 9.15. The average molecular weight is 388 g/mol. The molecule has 1 fully saturated rings. The fourth-order valence-electron chi connectivity index (χ4n) is 3.25. The van der Waals surface area contributed by atoms with Gasteiger partial charge in [-0.05, 0) is 54.8 Å². The van der Waals surface area contributed by atoms with Crippen LogP contribution in [0.2, 0.25) is 0 Å². The van der Waals surface area contributed by atoms with Gasteiger partial charge in [0.05, 0.1) is 7.11 Å². The van der Waals surface area contributed by atoms with Crippen molar-refractivity contribution >= 4 is 21.8 Å². The lowest BCUT2D eigenvalue weighted by atomic mass is 9.94. The molecule has 2 aromatic rings. The third-order valence-corrected chi connectivity index (χ3v) is 5.17. The minimum atomic E-state index is 0.128. The quantitative estimate of drug-likeness (QED) is 0.751. The third kappa shape index (κ3) is 3.99. The first-order chi connectivity index (χ1) is 11.7. The van der Waals surface area contributed by atoms with Crippen LogP contribution in [0.25, 0.3) is 0 Å². The maximum atomic E-state index is 12.8. The van der Waals surface area contributed by atoms with Crippen LogP contribution in [0, 0.1) is 0 Å². The molecule has 0 unspecified atom stereocenters. The van der Waals surface area contributed by atoms with Crippen molar-refractivity contribution in [2.75, 3.05) is 20.2 Å². The monoisotopic (exact) mass is 387 g/mol. The Kier molecular flexibility index (Phi) is 5.56. The van der Waals surface area contributed by atoms with Crippen LogP contribution in [-0.2, 0) is 0 Å². The molecular weight excluding hydrogens is 366 g/mol. The molecule has 0 spiro atoms. The summed E-state index contributed by atoms with van der Waals surface area (Å²) in [6, 6.07) is 15.9. The Bertz CT molecular complexity index is 682. The zero-order valence-electron chi connectivity index (χ0n) is 13.9. The van der Waals surface area contributed by atoms with E-state index in [2.05, 4.69) is 28.1 Å². The van der Waals surface area contributed by atoms with E-state index in [9.17, 15) is 4.79 Å². The van der Waals surface area contributed by atoms with E-state index in [4.69, 9.17) is 4.74 Å². The van der Waals surface area contributed by atoms with Crippen molar-refractivity contribution < 1.29 is 9.53 Å². The van der Waals surface area contributed by atoms with Gasteiger partial charge >= 0.3 is 0 Å². The molecule has 1 atom stereocenters. The summed E-state index contributed by atoms with van der Waals surface area (Å²) in [5.41, 5.74) is 2.04. The van der Waals surface area contributed by atoms with Crippen molar-refractivity contribution in [3.63, 3.8) is 0 Å². The molecule has 0 bridgehead atoms. The van der Waals surface area contributed by atoms with Crippen molar-refractivity contribution in [3.8, 4) is 5.75 Å². The number of hydrogen-bond acceptors (Lipinski definition) is 2. The van der Waals surface area contributed by atoms with Gasteiger partial charge in [-0.15, -0.1) is 0 Å². The van der Waals surface area contributed by atoms with Crippen LogP contribution < -0.4 is 4.74 Å². The summed E-state index contributed by atoms with van der Waals surface area (Å²) < 4.78 is 6.23. The van der Waals surface area contributed by atoms with Crippen LogP contribution in [-0.4, -0.2) is 31.0 Å². The van der Waals surface area contributed by atoms with Gasteiger partial charge in [-0.2, -0.15) is 0 Å². The number of rotatable bonds is 3. The molecule has 0 aliphatic carbocycles. The first-order valence-electron chi connectivity index (χ1n) is 8.36. The molecule has 0 N–H and O–H groups in total. The molecule has 4 heteroatoms. The lowest BCUT2D eigenvalue weighted by molar-refractivity contribution is 0.0754. The Balaban J connectivity index is 1.76. The molecule has 3 nitrogen and oxygen atoms in total. The number of carbonyl (C=O) groups excluding carboxylic acids is 1. The predicted molar refractivity (Wildman–Crippen MR) is 99.6 cm³/mol. The third-order valence-electron chi connectivity index (χ3n) is 4.64. The Morgan fingerprint density at radius 1 is 1.08 bits per heavy atom. The molecule has 1 saturated heterocycles. The van der Waals surface area contributed by atoms with Crippen LogP contribution in [0.5, 0.6) is 5.75 Å². The highest BCUT2D eigenvalue weighted by molar-refractivity contribution is 9.10. The molecule has 0 aromatic heterocycles. The Morgan fingerprint density at radius 3 is 2.46 bits per heavy atom. The van der Waals surface area contributed by atoms with Gasteiger partial charge in [-0.3, -0.25) is 4.79 Å². The number of carbonyl (C=O) groups is 1. The molecule has 1 amide bonds. The summed E-state index contributed by atoms with van der Waals surface area (Å²) in [6.07, 6.45) is 3.34.